The number of nitrogens with one attached hydrogen (secondary N) is 3. The van der Waals surface area contributed by atoms with Gasteiger partial charge >= 0.3 is 0 Å². The lowest BCUT2D eigenvalue weighted by atomic mass is 10.2. The SMILES string of the molecule is CN=C(NCCCn1nc(C)cc1C)NCCNc1ccccc1[N+](=O)[O-].I. The molecular formula is C18H28IN7O2. The molecule has 154 valence electrons. The van der Waals surface area contributed by atoms with Crippen molar-refractivity contribution in [2.75, 3.05) is 32.0 Å². The van der Waals surface area contributed by atoms with Crippen LogP contribution in [0.15, 0.2) is 35.3 Å². The first-order chi connectivity index (χ1) is 13.0. The van der Waals surface area contributed by atoms with Crippen molar-refractivity contribution < 1.29 is 4.92 Å². The van der Waals surface area contributed by atoms with Crippen LogP contribution in [0.5, 0.6) is 0 Å². The summed E-state index contributed by atoms with van der Waals surface area (Å²) < 4.78 is 2.00. The zero-order valence-electron chi connectivity index (χ0n) is 16.4. The Balaban J connectivity index is 0.00000392. The third kappa shape index (κ3) is 7.33. The van der Waals surface area contributed by atoms with Crippen LogP contribution in [-0.4, -0.2) is 47.3 Å². The number of nitro benzene ring substituents is 1. The summed E-state index contributed by atoms with van der Waals surface area (Å²) in [7, 11) is 1.71. The smallest absolute Gasteiger partial charge is 0.292 e. The maximum absolute atomic E-state index is 11.0. The maximum Gasteiger partial charge on any atom is 0.292 e. The molecule has 9 nitrogen and oxygen atoms in total. The third-order valence-electron chi connectivity index (χ3n) is 4.00. The second kappa shape index (κ2) is 12.2. The largest absolute Gasteiger partial charge is 0.378 e. The van der Waals surface area contributed by atoms with Gasteiger partial charge in [0.15, 0.2) is 5.96 Å². The highest BCUT2D eigenvalue weighted by Gasteiger charge is 2.11. The van der Waals surface area contributed by atoms with E-state index in [0.717, 1.165) is 30.9 Å². The molecule has 0 aliphatic heterocycles. The molecule has 2 aromatic rings. The van der Waals surface area contributed by atoms with Gasteiger partial charge in [0, 0.05) is 45.0 Å². The van der Waals surface area contributed by atoms with Crippen LogP contribution >= 0.6 is 24.0 Å². The van der Waals surface area contributed by atoms with Gasteiger partial charge in [0.25, 0.3) is 5.69 Å². The predicted molar refractivity (Wildman–Crippen MR) is 123 cm³/mol. The Bertz CT molecular complexity index is 792. The summed E-state index contributed by atoms with van der Waals surface area (Å²) in [6.45, 7) is 6.79. The molecule has 0 spiro atoms. The molecule has 0 aliphatic carbocycles. The van der Waals surface area contributed by atoms with Gasteiger partial charge in [0.2, 0.25) is 0 Å². The lowest BCUT2D eigenvalue weighted by Gasteiger charge is -2.13. The number of aliphatic imine (C=N–C) groups is 1. The van der Waals surface area contributed by atoms with E-state index in [-0.39, 0.29) is 34.6 Å². The molecule has 10 heteroatoms. The molecule has 0 saturated carbocycles. The topological polar surface area (TPSA) is 109 Å². The van der Waals surface area contributed by atoms with E-state index in [0.29, 0.717) is 24.7 Å². The molecule has 1 aromatic carbocycles. The van der Waals surface area contributed by atoms with E-state index >= 15 is 0 Å². The normalized spacial score (nSPS) is 10.9. The molecule has 0 atom stereocenters. The van der Waals surface area contributed by atoms with Crippen LogP contribution in [0.4, 0.5) is 11.4 Å². The molecule has 28 heavy (non-hydrogen) atoms. The molecule has 1 heterocycles. The van der Waals surface area contributed by atoms with Gasteiger partial charge in [-0.05, 0) is 32.4 Å². The Morgan fingerprint density at radius 1 is 1.21 bits per heavy atom. The number of guanidine groups is 1. The number of hydrogen-bond acceptors (Lipinski definition) is 5. The minimum atomic E-state index is -0.390. The number of nitrogens with zero attached hydrogens (tertiary/aromatic N) is 4. The first-order valence-electron chi connectivity index (χ1n) is 8.94. The quantitative estimate of drug-likeness (QED) is 0.122. The van der Waals surface area contributed by atoms with Gasteiger partial charge in [-0.3, -0.25) is 19.8 Å². The van der Waals surface area contributed by atoms with Crippen LogP contribution < -0.4 is 16.0 Å². The Kier molecular flexibility index (Phi) is 10.3. The van der Waals surface area contributed by atoms with Crippen molar-refractivity contribution in [2.45, 2.75) is 26.8 Å². The van der Waals surface area contributed by atoms with Crippen molar-refractivity contribution in [2.24, 2.45) is 4.99 Å². The highest BCUT2D eigenvalue weighted by Crippen LogP contribution is 2.22. The molecule has 0 radical (unpaired) electrons. The molecule has 0 amide bonds. The first-order valence-corrected chi connectivity index (χ1v) is 8.94. The van der Waals surface area contributed by atoms with Gasteiger partial charge in [-0.1, -0.05) is 12.1 Å². The molecule has 2 rings (SSSR count). The van der Waals surface area contributed by atoms with Crippen molar-refractivity contribution in [1.82, 2.24) is 20.4 Å². The number of anilines is 1. The van der Waals surface area contributed by atoms with E-state index in [1.807, 2.05) is 11.6 Å². The number of aryl methyl sites for hydroxylation is 3. The lowest BCUT2D eigenvalue weighted by molar-refractivity contribution is -0.384. The van der Waals surface area contributed by atoms with Gasteiger partial charge in [-0.15, -0.1) is 24.0 Å². The molecule has 0 unspecified atom stereocenters. The summed E-state index contributed by atoms with van der Waals surface area (Å²) in [5, 5.41) is 25.0. The Morgan fingerprint density at radius 2 is 1.93 bits per heavy atom. The number of hydrogen-bond donors (Lipinski definition) is 3. The summed E-state index contributed by atoms with van der Waals surface area (Å²) in [6.07, 6.45) is 0.928. The monoisotopic (exact) mass is 501 g/mol. The molecule has 0 bridgehead atoms. The number of para-hydroxylation sites is 2. The zero-order chi connectivity index (χ0) is 19.6. The third-order valence-corrected chi connectivity index (χ3v) is 4.00. The van der Waals surface area contributed by atoms with Crippen molar-refractivity contribution in [3.8, 4) is 0 Å². The second-order valence-corrected chi connectivity index (χ2v) is 6.13. The fourth-order valence-electron chi connectivity index (χ4n) is 2.72. The minimum Gasteiger partial charge on any atom is -0.378 e. The zero-order valence-corrected chi connectivity index (χ0v) is 18.8. The van der Waals surface area contributed by atoms with Crippen molar-refractivity contribution in [1.29, 1.82) is 0 Å². The lowest BCUT2D eigenvalue weighted by Crippen LogP contribution is -2.40. The Hall–Kier alpha value is -2.37. The predicted octanol–water partition coefficient (Wildman–Crippen LogP) is 2.69. The number of halogens is 1. The van der Waals surface area contributed by atoms with Crippen molar-refractivity contribution in [3.05, 3.63) is 51.8 Å². The highest BCUT2D eigenvalue weighted by molar-refractivity contribution is 14.0. The standard InChI is InChI=1S/C18H27N7O2.HI/c1-14-13-15(2)24(23-14)12-6-9-21-18(19-3)22-11-10-20-16-7-4-5-8-17(16)25(26)27;/h4-5,7-8,13,20H,6,9-12H2,1-3H3,(H2,19,21,22);1H. The Labute approximate surface area is 182 Å². The van der Waals surface area contributed by atoms with Crippen molar-refractivity contribution >= 4 is 41.3 Å². The molecule has 0 aliphatic rings. The fraction of sp³-hybridized carbons (Fsp3) is 0.444. The van der Waals surface area contributed by atoms with E-state index < -0.39 is 0 Å². The van der Waals surface area contributed by atoms with E-state index in [1.165, 1.54) is 6.07 Å². The Morgan fingerprint density at radius 3 is 2.57 bits per heavy atom. The molecular weight excluding hydrogens is 473 g/mol. The van der Waals surface area contributed by atoms with E-state index in [4.69, 9.17) is 0 Å². The minimum absolute atomic E-state index is 0. The average molecular weight is 501 g/mol. The number of benzene rings is 1. The maximum atomic E-state index is 11.0. The van der Waals surface area contributed by atoms with Crippen LogP contribution in [-0.2, 0) is 6.54 Å². The van der Waals surface area contributed by atoms with Crippen LogP contribution in [0, 0.1) is 24.0 Å². The fourth-order valence-corrected chi connectivity index (χ4v) is 2.72. The number of rotatable bonds is 9. The van der Waals surface area contributed by atoms with Crippen molar-refractivity contribution in [3.63, 3.8) is 0 Å². The van der Waals surface area contributed by atoms with Crippen LogP contribution in [0.1, 0.15) is 17.8 Å². The first kappa shape index (κ1) is 23.7. The summed E-state index contributed by atoms with van der Waals surface area (Å²) >= 11 is 0. The van der Waals surface area contributed by atoms with Gasteiger partial charge in [0.1, 0.15) is 5.69 Å². The second-order valence-electron chi connectivity index (χ2n) is 6.13. The summed E-state index contributed by atoms with van der Waals surface area (Å²) in [6, 6.07) is 8.67. The van der Waals surface area contributed by atoms with Crippen LogP contribution in [0.25, 0.3) is 0 Å². The average Bonchev–Trinajstić information content (AvgIpc) is 2.97. The summed E-state index contributed by atoms with van der Waals surface area (Å²) in [5.41, 5.74) is 2.78. The van der Waals surface area contributed by atoms with Gasteiger partial charge < -0.3 is 16.0 Å². The van der Waals surface area contributed by atoms with Gasteiger partial charge in [-0.2, -0.15) is 5.10 Å². The molecule has 0 saturated heterocycles. The van der Waals surface area contributed by atoms with E-state index in [1.54, 1.807) is 25.2 Å². The summed E-state index contributed by atoms with van der Waals surface area (Å²) in [4.78, 5) is 14.8. The van der Waals surface area contributed by atoms with E-state index in [2.05, 4.69) is 39.0 Å². The van der Waals surface area contributed by atoms with Gasteiger partial charge in [0.05, 0.1) is 10.6 Å². The number of nitro groups is 1. The van der Waals surface area contributed by atoms with E-state index in [9.17, 15) is 10.1 Å². The molecule has 3 N–H and O–H groups in total. The number of aromatic nitrogens is 2. The molecule has 0 fully saturated rings. The highest BCUT2D eigenvalue weighted by atomic mass is 127. The van der Waals surface area contributed by atoms with Crippen LogP contribution in [0.2, 0.25) is 0 Å². The van der Waals surface area contributed by atoms with Crippen LogP contribution in [0.3, 0.4) is 0 Å². The molecule has 1 aromatic heterocycles. The summed E-state index contributed by atoms with van der Waals surface area (Å²) in [5.74, 6) is 0.702. The van der Waals surface area contributed by atoms with Gasteiger partial charge in [-0.25, -0.2) is 0 Å².